The van der Waals surface area contributed by atoms with Crippen molar-refractivity contribution >= 4 is 17.3 Å². The summed E-state index contributed by atoms with van der Waals surface area (Å²) >= 11 is 1.49. The molecule has 0 atom stereocenters. The largest absolute Gasteiger partial charge is 0.493 e. The van der Waals surface area contributed by atoms with Crippen molar-refractivity contribution in [2.24, 2.45) is 0 Å². The van der Waals surface area contributed by atoms with Crippen LogP contribution in [-0.4, -0.2) is 30.3 Å². The van der Waals surface area contributed by atoms with E-state index in [1.165, 1.54) is 11.3 Å². The van der Waals surface area contributed by atoms with Crippen LogP contribution < -0.4 is 9.47 Å². The van der Waals surface area contributed by atoms with E-state index >= 15 is 0 Å². The van der Waals surface area contributed by atoms with Gasteiger partial charge in [-0.2, -0.15) is 0 Å². The van der Waals surface area contributed by atoms with Crippen molar-refractivity contribution in [1.82, 2.24) is 4.98 Å². The van der Waals surface area contributed by atoms with E-state index in [-0.39, 0.29) is 6.42 Å². The van der Waals surface area contributed by atoms with Crippen molar-refractivity contribution in [2.75, 3.05) is 14.2 Å². The van der Waals surface area contributed by atoms with Crippen molar-refractivity contribution in [3.05, 3.63) is 29.3 Å². The monoisotopic (exact) mass is 293 g/mol. The van der Waals surface area contributed by atoms with Gasteiger partial charge in [0.15, 0.2) is 11.5 Å². The summed E-state index contributed by atoms with van der Waals surface area (Å²) < 4.78 is 10.4. The summed E-state index contributed by atoms with van der Waals surface area (Å²) in [7, 11) is 3.17. The standard InChI is InChI=1S/C14H15NO4S/c1-18-11-5-3-9(7-12(11)19-2)14-15-10(8-20-14)4-6-13(16)17/h3,5,7-8H,4,6H2,1-2H3,(H,16,17). The van der Waals surface area contributed by atoms with Crippen LogP contribution in [0.4, 0.5) is 0 Å². The quantitative estimate of drug-likeness (QED) is 0.887. The molecular weight excluding hydrogens is 278 g/mol. The Morgan fingerprint density at radius 3 is 2.70 bits per heavy atom. The van der Waals surface area contributed by atoms with E-state index in [0.717, 1.165) is 16.3 Å². The lowest BCUT2D eigenvalue weighted by Crippen LogP contribution is -1.97. The van der Waals surface area contributed by atoms with Gasteiger partial charge in [-0.05, 0) is 18.2 Å². The molecule has 0 amide bonds. The van der Waals surface area contributed by atoms with Crippen LogP contribution in [0.2, 0.25) is 0 Å². The highest BCUT2D eigenvalue weighted by Gasteiger charge is 2.10. The van der Waals surface area contributed by atoms with Gasteiger partial charge in [0, 0.05) is 17.4 Å². The zero-order chi connectivity index (χ0) is 14.5. The maximum Gasteiger partial charge on any atom is 0.303 e. The Kier molecular flexibility index (Phi) is 4.57. The summed E-state index contributed by atoms with van der Waals surface area (Å²) in [5, 5.41) is 11.4. The number of carboxylic acids is 1. The molecule has 0 unspecified atom stereocenters. The third-order valence-electron chi connectivity index (χ3n) is 2.78. The van der Waals surface area contributed by atoms with E-state index < -0.39 is 5.97 Å². The van der Waals surface area contributed by atoms with Crippen LogP contribution in [0, 0.1) is 0 Å². The minimum Gasteiger partial charge on any atom is -0.493 e. The van der Waals surface area contributed by atoms with Crippen LogP contribution >= 0.6 is 11.3 Å². The molecular formula is C14H15NO4S. The molecule has 1 heterocycles. The highest BCUT2D eigenvalue weighted by atomic mass is 32.1. The van der Waals surface area contributed by atoms with Crippen LogP contribution in [-0.2, 0) is 11.2 Å². The van der Waals surface area contributed by atoms with Gasteiger partial charge in [-0.15, -0.1) is 11.3 Å². The third-order valence-corrected chi connectivity index (χ3v) is 3.72. The molecule has 6 heteroatoms. The average Bonchev–Trinajstić information content (AvgIpc) is 2.93. The lowest BCUT2D eigenvalue weighted by atomic mass is 10.2. The Morgan fingerprint density at radius 1 is 1.30 bits per heavy atom. The second kappa shape index (κ2) is 6.38. The molecule has 1 aromatic carbocycles. The fraction of sp³-hybridized carbons (Fsp3) is 0.286. The van der Waals surface area contributed by atoms with Crippen molar-refractivity contribution in [2.45, 2.75) is 12.8 Å². The topological polar surface area (TPSA) is 68.7 Å². The summed E-state index contributed by atoms with van der Waals surface area (Å²) in [6, 6.07) is 5.59. The van der Waals surface area contributed by atoms with Gasteiger partial charge in [0.25, 0.3) is 0 Å². The molecule has 2 rings (SSSR count). The summed E-state index contributed by atoms with van der Waals surface area (Å²) in [5.41, 5.74) is 1.72. The van der Waals surface area contributed by atoms with Crippen LogP contribution in [0.3, 0.4) is 0 Å². The Morgan fingerprint density at radius 2 is 2.05 bits per heavy atom. The van der Waals surface area contributed by atoms with Gasteiger partial charge >= 0.3 is 5.97 Å². The van der Waals surface area contributed by atoms with E-state index in [4.69, 9.17) is 14.6 Å². The fourth-order valence-electron chi connectivity index (χ4n) is 1.76. The van der Waals surface area contributed by atoms with Gasteiger partial charge in [0.1, 0.15) is 5.01 Å². The number of rotatable bonds is 6. The molecule has 2 aromatic rings. The fourth-order valence-corrected chi connectivity index (χ4v) is 2.61. The van der Waals surface area contributed by atoms with Crippen molar-refractivity contribution in [3.8, 4) is 22.1 Å². The predicted molar refractivity (Wildman–Crippen MR) is 76.6 cm³/mol. The summed E-state index contributed by atoms with van der Waals surface area (Å²) in [5.74, 6) is 0.497. The Hall–Kier alpha value is -2.08. The Labute approximate surface area is 120 Å². The predicted octanol–water partition coefficient (Wildman–Crippen LogP) is 2.84. The van der Waals surface area contributed by atoms with E-state index in [0.29, 0.717) is 17.9 Å². The molecule has 0 saturated heterocycles. The third kappa shape index (κ3) is 3.27. The van der Waals surface area contributed by atoms with E-state index in [2.05, 4.69) is 4.98 Å². The molecule has 0 spiro atoms. The summed E-state index contributed by atoms with van der Waals surface area (Å²) in [6.07, 6.45) is 0.536. The smallest absolute Gasteiger partial charge is 0.303 e. The number of aromatic nitrogens is 1. The van der Waals surface area contributed by atoms with Gasteiger partial charge in [-0.3, -0.25) is 4.79 Å². The lowest BCUT2D eigenvalue weighted by Gasteiger charge is -2.08. The number of carboxylic acid groups (broad SMARTS) is 1. The SMILES string of the molecule is COc1ccc(-c2nc(CCC(=O)O)cs2)cc1OC. The summed E-state index contributed by atoms with van der Waals surface area (Å²) in [4.78, 5) is 15.0. The zero-order valence-electron chi connectivity index (χ0n) is 11.3. The van der Waals surface area contributed by atoms with Gasteiger partial charge in [0.2, 0.25) is 0 Å². The Balaban J connectivity index is 2.21. The molecule has 106 valence electrons. The van der Waals surface area contributed by atoms with E-state index in [1.807, 2.05) is 23.6 Å². The average molecular weight is 293 g/mol. The molecule has 20 heavy (non-hydrogen) atoms. The number of aryl methyl sites for hydroxylation is 1. The lowest BCUT2D eigenvalue weighted by molar-refractivity contribution is -0.136. The van der Waals surface area contributed by atoms with E-state index in [9.17, 15) is 4.79 Å². The first-order valence-corrected chi connectivity index (χ1v) is 6.90. The molecule has 5 nitrogen and oxygen atoms in total. The van der Waals surface area contributed by atoms with Gasteiger partial charge in [-0.25, -0.2) is 4.98 Å². The number of benzene rings is 1. The molecule has 0 bridgehead atoms. The number of nitrogens with zero attached hydrogens (tertiary/aromatic N) is 1. The highest BCUT2D eigenvalue weighted by molar-refractivity contribution is 7.13. The van der Waals surface area contributed by atoms with Crippen LogP contribution in [0.15, 0.2) is 23.6 Å². The van der Waals surface area contributed by atoms with Crippen LogP contribution in [0.5, 0.6) is 11.5 Å². The number of ether oxygens (including phenoxy) is 2. The maximum absolute atomic E-state index is 10.5. The number of hydrogen-bond donors (Lipinski definition) is 1. The normalized spacial score (nSPS) is 10.3. The molecule has 0 aliphatic carbocycles. The molecule has 1 aromatic heterocycles. The van der Waals surface area contributed by atoms with Crippen LogP contribution in [0.1, 0.15) is 12.1 Å². The Bertz CT molecular complexity index is 609. The molecule has 0 fully saturated rings. The number of carbonyl (C=O) groups is 1. The summed E-state index contributed by atoms with van der Waals surface area (Å²) in [6.45, 7) is 0. The number of thiazole rings is 1. The van der Waals surface area contributed by atoms with E-state index in [1.54, 1.807) is 14.2 Å². The highest BCUT2D eigenvalue weighted by Crippen LogP contribution is 2.33. The molecule has 0 saturated carbocycles. The first-order chi connectivity index (χ1) is 9.63. The number of aliphatic carboxylic acids is 1. The minimum absolute atomic E-state index is 0.0924. The van der Waals surface area contributed by atoms with Crippen molar-refractivity contribution in [1.29, 1.82) is 0 Å². The second-order valence-electron chi connectivity index (χ2n) is 4.11. The molecule has 1 N–H and O–H groups in total. The zero-order valence-corrected chi connectivity index (χ0v) is 12.1. The van der Waals surface area contributed by atoms with Gasteiger partial charge < -0.3 is 14.6 Å². The van der Waals surface area contributed by atoms with Gasteiger partial charge in [-0.1, -0.05) is 0 Å². The van der Waals surface area contributed by atoms with Crippen molar-refractivity contribution < 1.29 is 19.4 Å². The first kappa shape index (κ1) is 14.3. The molecule has 0 aliphatic rings. The molecule has 0 radical (unpaired) electrons. The van der Waals surface area contributed by atoms with Crippen LogP contribution in [0.25, 0.3) is 10.6 Å². The van der Waals surface area contributed by atoms with Gasteiger partial charge in [0.05, 0.1) is 26.3 Å². The minimum atomic E-state index is -0.814. The first-order valence-electron chi connectivity index (χ1n) is 6.02. The maximum atomic E-state index is 10.5. The number of methoxy groups -OCH3 is 2. The number of hydrogen-bond acceptors (Lipinski definition) is 5. The van der Waals surface area contributed by atoms with Crippen molar-refractivity contribution in [3.63, 3.8) is 0 Å². The second-order valence-corrected chi connectivity index (χ2v) is 4.97. The molecule has 0 aliphatic heterocycles.